The highest BCUT2D eigenvalue weighted by atomic mass is 35.5. The highest BCUT2D eigenvalue weighted by Gasteiger charge is 2.48. The summed E-state index contributed by atoms with van der Waals surface area (Å²) in [7, 11) is 0. The highest BCUT2D eigenvalue weighted by molar-refractivity contribution is 6.13. The van der Waals surface area contributed by atoms with Crippen molar-refractivity contribution in [2.24, 2.45) is 0 Å². The van der Waals surface area contributed by atoms with E-state index in [0.29, 0.717) is 13.2 Å². The number of benzene rings is 1. The molecule has 1 atom stereocenters. The Hall–Kier alpha value is -1.26. The fourth-order valence-corrected chi connectivity index (χ4v) is 3.27. The first-order valence-corrected chi connectivity index (χ1v) is 6.92. The van der Waals surface area contributed by atoms with Gasteiger partial charge in [0.05, 0.1) is 12.1 Å². The lowest BCUT2D eigenvalue weighted by atomic mass is 9.91. The summed E-state index contributed by atoms with van der Waals surface area (Å²) in [5.41, 5.74) is 0.959. The van der Waals surface area contributed by atoms with E-state index in [9.17, 15) is 4.79 Å². The molecule has 19 heavy (non-hydrogen) atoms. The van der Waals surface area contributed by atoms with Gasteiger partial charge in [0.25, 0.3) is 0 Å². The number of ether oxygens (including phenoxy) is 1. The van der Waals surface area contributed by atoms with Crippen molar-refractivity contribution in [1.82, 2.24) is 9.32 Å². The van der Waals surface area contributed by atoms with E-state index in [1.165, 1.54) is 0 Å². The first-order valence-electron chi connectivity index (χ1n) is 6.59. The van der Waals surface area contributed by atoms with Crippen LogP contribution in [0.4, 0.5) is 4.79 Å². The Bertz CT molecular complexity index is 464. The Morgan fingerprint density at radius 1 is 1.26 bits per heavy atom. The van der Waals surface area contributed by atoms with Crippen LogP contribution in [-0.2, 0) is 11.3 Å². The topological polar surface area (TPSA) is 32.8 Å². The molecule has 0 bridgehead atoms. The smallest absolute Gasteiger partial charge is 0.410 e. The molecule has 1 aromatic rings. The van der Waals surface area contributed by atoms with Crippen LogP contribution in [0.25, 0.3) is 0 Å². The van der Waals surface area contributed by atoms with Crippen molar-refractivity contribution in [3.63, 3.8) is 0 Å². The molecule has 2 fully saturated rings. The Labute approximate surface area is 118 Å². The van der Waals surface area contributed by atoms with Gasteiger partial charge in [0, 0.05) is 26.1 Å². The third kappa shape index (κ3) is 2.42. The number of nitrogens with zero attached hydrogens (tertiary/aromatic N) is 2. The predicted molar refractivity (Wildman–Crippen MR) is 72.7 cm³/mol. The van der Waals surface area contributed by atoms with Crippen molar-refractivity contribution in [2.75, 3.05) is 19.7 Å². The van der Waals surface area contributed by atoms with Crippen LogP contribution in [0, 0.1) is 0 Å². The van der Waals surface area contributed by atoms with Crippen molar-refractivity contribution in [3.05, 3.63) is 35.9 Å². The molecule has 4 nitrogen and oxygen atoms in total. The zero-order chi connectivity index (χ0) is 13.3. The average molecular weight is 281 g/mol. The Kier molecular flexibility index (Phi) is 3.37. The molecule has 2 aliphatic heterocycles. The van der Waals surface area contributed by atoms with E-state index in [4.69, 9.17) is 16.5 Å². The number of carbonyl (C=O) groups excluding carboxylic acids is 1. The average Bonchev–Trinajstić information content (AvgIpc) is 2.78. The van der Waals surface area contributed by atoms with E-state index in [1.807, 2.05) is 35.2 Å². The van der Waals surface area contributed by atoms with E-state index >= 15 is 0 Å². The summed E-state index contributed by atoms with van der Waals surface area (Å²) in [6.45, 7) is 2.62. The van der Waals surface area contributed by atoms with Crippen molar-refractivity contribution >= 4 is 17.9 Å². The molecule has 3 rings (SSSR count). The minimum absolute atomic E-state index is 0.160. The van der Waals surface area contributed by atoms with Gasteiger partial charge in [-0.15, -0.1) is 0 Å². The van der Waals surface area contributed by atoms with Crippen molar-refractivity contribution in [1.29, 1.82) is 0 Å². The molecular weight excluding hydrogens is 264 g/mol. The third-order valence-electron chi connectivity index (χ3n) is 4.06. The second-order valence-corrected chi connectivity index (χ2v) is 5.73. The van der Waals surface area contributed by atoms with Crippen molar-refractivity contribution in [3.8, 4) is 0 Å². The Balaban J connectivity index is 1.84. The lowest BCUT2D eigenvalue weighted by Gasteiger charge is -2.43. The summed E-state index contributed by atoms with van der Waals surface area (Å²) in [4.78, 5) is 14.0. The Morgan fingerprint density at radius 3 is 2.74 bits per heavy atom. The molecule has 0 aromatic heterocycles. The summed E-state index contributed by atoms with van der Waals surface area (Å²) in [6.07, 6.45) is 1.55. The molecule has 1 spiro atoms. The van der Waals surface area contributed by atoms with Crippen LogP contribution in [0.1, 0.15) is 18.4 Å². The summed E-state index contributed by atoms with van der Waals surface area (Å²) >= 11 is 6.11. The van der Waals surface area contributed by atoms with Crippen molar-refractivity contribution < 1.29 is 9.53 Å². The van der Waals surface area contributed by atoms with Gasteiger partial charge in [-0.25, -0.2) is 9.21 Å². The number of halogens is 1. The minimum Gasteiger partial charge on any atom is -0.449 e. The van der Waals surface area contributed by atoms with Crippen LogP contribution >= 0.6 is 11.8 Å². The molecule has 5 heteroatoms. The Morgan fingerprint density at radius 2 is 2.05 bits per heavy atom. The zero-order valence-electron chi connectivity index (χ0n) is 10.7. The highest BCUT2D eigenvalue weighted by Crippen LogP contribution is 2.36. The largest absolute Gasteiger partial charge is 0.449 e. The number of amides is 1. The van der Waals surface area contributed by atoms with Gasteiger partial charge < -0.3 is 4.74 Å². The van der Waals surface area contributed by atoms with Crippen LogP contribution in [0.5, 0.6) is 0 Å². The number of rotatable bonds is 2. The van der Waals surface area contributed by atoms with Crippen molar-refractivity contribution in [2.45, 2.75) is 24.9 Å². The van der Waals surface area contributed by atoms with E-state index in [0.717, 1.165) is 31.5 Å². The number of hydrogen-bond donors (Lipinski definition) is 0. The third-order valence-corrected chi connectivity index (χ3v) is 4.34. The van der Waals surface area contributed by atoms with E-state index in [1.54, 1.807) is 4.42 Å². The van der Waals surface area contributed by atoms with E-state index < -0.39 is 0 Å². The molecule has 0 saturated carbocycles. The van der Waals surface area contributed by atoms with Gasteiger partial charge in [-0.1, -0.05) is 30.3 Å². The molecule has 102 valence electrons. The van der Waals surface area contributed by atoms with E-state index in [2.05, 4.69) is 0 Å². The molecule has 1 aromatic carbocycles. The first kappa shape index (κ1) is 12.8. The van der Waals surface area contributed by atoms with Crippen LogP contribution in [0.2, 0.25) is 0 Å². The summed E-state index contributed by atoms with van der Waals surface area (Å²) in [6, 6.07) is 10.0. The quantitative estimate of drug-likeness (QED) is 0.781. The predicted octanol–water partition coefficient (Wildman–Crippen LogP) is 2.63. The molecule has 2 saturated heterocycles. The maximum absolute atomic E-state index is 12.1. The summed E-state index contributed by atoms with van der Waals surface area (Å²) in [5, 5.41) is 0. The van der Waals surface area contributed by atoms with Gasteiger partial charge in [0.2, 0.25) is 0 Å². The number of cyclic esters (lactones) is 1. The molecule has 1 amide bonds. The monoisotopic (exact) mass is 280 g/mol. The number of carbonyl (C=O) groups is 1. The second-order valence-electron chi connectivity index (χ2n) is 5.25. The maximum Gasteiger partial charge on any atom is 0.410 e. The van der Waals surface area contributed by atoms with Crippen LogP contribution in [0.15, 0.2) is 30.3 Å². The molecule has 0 N–H and O–H groups in total. The second kappa shape index (κ2) is 5.02. The van der Waals surface area contributed by atoms with E-state index in [-0.39, 0.29) is 11.6 Å². The fraction of sp³-hybridized carbons (Fsp3) is 0.500. The van der Waals surface area contributed by atoms with Crippen LogP contribution in [0.3, 0.4) is 0 Å². The molecule has 0 aliphatic carbocycles. The van der Waals surface area contributed by atoms with Gasteiger partial charge in [0.15, 0.2) is 0 Å². The van der Waals surface area contributed by atoms with Gasteiger partial charge >= 0.3 is 6.09 Å². The lowest BCUT2D eigenvalue weighted by Crippen LogP contribution is -2.56. The molecule has 0 radical (unpaired) electrons. The van der Waals surface area contributed by atoms with Gasteiger partial charge in [-0.2, -0.15) is 0 Å². The minimum atomic E-state index is -0.220. The fourth-order valence-electron chi connectivity index (χ4n) is 2.96. The molecular formula is C14H17ClN2O2. The zero-order valence-corrected chi connectivity index (χ0v) is 11.5. The molecule has 2 aliphatic rings. The molecule has 1 unspecified atom stereocenters. The lowest BCUT2D eigenvalue weighted by molar-refractivity contribution is -0.00280. The van der Waals surface area contributed by atoms with Crippen LogP contribution < -0.4 is 0 Å². The van der Waals surface area contributed by atoms with Gasteiger partial charge in [0.1, 0.15) is 0 Å². The standard InChI is InChI=1S/C14H17ClN2O2/c15-16-8-6-14(11-16)7-9-19-13(18)17(14)10-12-4-2-1-3-5-12/h1-5H,6-11H2. The summed E-state index contributed by atoms with van der Waals surface area (Å²) in [5.74, 6) is 0. The molecule has 2 heterocycles. The first-order chi connectivity index (χ1) is 9.20. The van der Waals surface area contributed by atoms with Crippen LogP contribution in [-0.4, -0.2) is 40.6 Å². The SMILES string of the molecule is O=C1OCCC2(CCN(Cl)C2)N1Cc1ccccc1. The summed E-state index contributed by atoms with van der Waals surface area (Å²) < 4.78 is 6.98. The van der Waals surface area contributed by atoms with Gasteiger partial charge in [-0.3, -0.25) is 4.90 Å². The van der Waals surface area contributed by atoms with Gasteiger partial charge in [-0.05, 0) is 23.8 Å². The maximum atomic E-state index is 12.1. The normalized spacial score (nSPS) is 27.8. The number of hydrogen-bond acceptors (Lipinski definition) is 3.